The molecule has 1 aliphatic rings. The number of fused-ring (bicyclic) bond motifs is 1. The highest BCUT2D eigenvalue weighted by molar-refractivity contribution is 7.92. The van der Waals surface area contributed by atoms with Crippen molar-refractivity contribution in [3.63, 3.8) is 0 Å². The smallest absolute Gasteiger partial charge is 0.263 e. The number of rotatable bonds is 5. The number of aryl methyl sites for hydroxylation is 1. The number of hydrogen-bond acceptors (Lipinski definition) is 3. The van der Waals surface area contributed by atoms with Crippen molar-refractivity contribution in [2.24, 2.45) is 0 Å². The molecule has 0 saturated carbocycles. The minimum absolute atomic E-state index is 0.0139. The normalized spacial score (nSPS) is 15.4. The number of halogens is 2. The summed E-state index contributed by atoms with van der Waals surface area (Å²) in [5.41, 5.74) is 2.73. The number of amides is 1. The number of benzene rings is 3. The molecule has 160 valence electrons. The zero-order valence-corrected chi connectivity index (χ0v) is 18.3. The highest BCUT2D eigenvalue weighted by Gasteiger charge is 2.30. The molecule has 8 heteroatoms. The van der Waals surface area contributed by atoms with Crippen molar-refractivity contribution in [2.45, 2.75) is 23.8 Å². The van der Waals surface area contributed by atoms with Crippen LogP contribution in [-0.4, -0.2) is 26.3 Å². The van der Waals surface area contributed by atoms with Crippen molar-refractivity contribution in [1.82, 2.24) is 4.90 Å². The van der Waals surface area contributed by atoms with Gasteiger partial charge in [-0.1, -0.05) is 35.9 Å². The second-order valence-electron chi connectivity index (χ2n) is 7.43. The van der Waals surface area contributed by atoms with Crippen LogP contribution in [0.2, 0.25) is 5.02 Å². The Morgan fingerprint density at radius 1 is 1.10 bits per heavy atom. The maximum Gasteiger partial charge on any atom is 0.263 e. The van der Waals surface area contributed by atoms with E-state index in [1.54, 1.807) is 11.9 Å². The lowest BCUT2D eigenvalue weighted by molar-refractivity contribution is 0.0730. The van der Waals surface area contributed by atoms with Gasteiger partial charge in [-0.25, -0.2) is 12.8 Å². The molecule has 1 aliphatic carbocycles. The molecule has 0 spiro atoms. The Hall–Kier alpha value is -2.90. The molecule has 0 heterocycles. The Morgan fingerprint density at radius 2 is 1.81 bits per heavy atom. The van der Waals surface area contributed by atoms with Crippen LogP contribution in [0.3, 0.4) is 0 Å². The number of anilines is 1. The van der Waals surface area contributed by atoms with Crippen LogP contribution in [0, 0.1) is 5.82 Å². The van der Waals surface area contributed by atoms with Gasteiger partial charge in [0.05, 0.1) is 11.1 Å². The molecule has 0 fully saturated rings. The van der Waals surface area contributed by atoms with Crippen LogP contribution in [0.25, 0.3) is 0 Å². The average molecular weight is 459 g/mol. The number of carbonyl (C=O) groups is 1. The molecule has 0 aliphatic heterocycles. The number of carbonyl (C=O) groups excluding carboxylic acids is 1. The van der Waals surface area contributed by atoms with Crippen molar-refractivity contribution < 1.29 is 17.6 Å². The summed E-state index contributed by atoms with van der Waals surface area (Å²) in [4.78, 5) is 14.6. The minimum Gasteiger partial charge on any atom is -0.335 e. The Bertz CT molecular complexity index is 1250. The fraction of sp³-hybridized carbons (Fsp3) is 0.174. The fourth-order valence-electron chi connectivity index (χ4n) is 3.85. The van der Waals surface area contributed by atoms with E-state index in [0.29, 0.717) is 0 Å². The van der Waals surface area contributed by atoms with Gasteiger partial charge in [0.2, 0.25) is 0 Å². The maximum atomic E-state index is 13.2. The number of hydrogen-bond donors (Lipinski definition) is 1. The summed E-state index contributed by atoms with van der Waals surface area (Å²) >= 11 is 6.15. The largest absolute Gasteiger partial charge is 0.335 e. The third kappa shape index (κ3) is 4.29. The van der Waals surface area contributed by atoms with E-state index in [2.05, 4.69) is 10.8 Å². The fourth-order valence-corrected chi connectivity index (χ4v) is 5.44. The Balaban J connectivity index is 1.61. The third-order valence-electron chi connectivity index (χ3n) is 5.45. The zero-order chi connectivity index (χ0) is 22.2. The van der Waals surface area contributed by atoms with Gasteiger partial charge in [0.25, 0.3) is 15.9 Å². The highest BCUT2D eigenvalue weighted by Crippen LogP contribution is 2.36. The summed E-state index contributed by atoms with van der Waals surface area (Å²) in [7, 11) is -2.36. The van der Waals surface area contributed by atoms with Crippen LogP contribution in [0.5, 0.6) is 0 Å². The van der Waals surface area contributed by atoms with Gasteiger partial charge in [-0.05, 0) is 66.4 Å². The standard InChI is InChI=1S/C23H20ClFN2O3S/c1-27(21-13-7-15-4-2-3-5-19(15)21)23(28)16-6-12-20(24)22(14-16)31(29,30)26-18-10-8-17(25)9-11-18/h2-6,8-12,14,21,26H,7,13H2,1H3. The van der Waals surface area contributed by atoms with E-state index in [1.807, 2.05) is 18.2 Å². The Morgan fingerprint density at radius 3 is 2.55 bits per heavy atom. The molecule has 3 aromatic carbocycles. The lowest BCUT2D eigenvalue weighted by atomic mass is 10.1. The first-order chi connectivity index (χ1) is 14.8. The topological polar surface area (TPSA) is 66.5 Å². The molecule has 0 saturated heterocycles. The molecule has 1 atom stereocenters. The van der Waals surface area contributed by atoms with E-state index < -0.39 is 15.8 Å². The van der Waals surface area contributed by atoms with Crippen LogP contribution in [0.4, 0.5) is 10.1 Å². The molecular formula is C23H20ClFN2O3S. The van der Waals surface area contributed by atoms with Gasteiger partial charge in [0.1, 0.15) is 10.7 Å². The number of sulfonamides is 1. The van der Waals surface area contributed by atoms with Crippen molar-refractivity contribution in [2.75, 3.05) is 11.8 Å². The van der Waals surface area contributed by atoms with Gasteiger partial charge < -0.3 is 4.90 Å². The van der Waals surface area contributed by atoms with Gasteiger partial charge in [-0.2, -0.15) is 0 Å². The summed E-state index contributed by atoms with van der Waals surface area (Å²) in [5.74, 6) is -0.776. The average Bonchev–Trinajstić information content (AvgIpc) is 3.18. The summed E-state index contributed by atoms with van der Waals surface area (Å²) in [6.07, 6.45) is 1.70. The predicted octanol–water partition coefficient (Wildman–Crippen LogP) is 5.04. The first-order valence-corrected chi connectivity index (χ1v) is 11.6. The molecule has 4 rings (SSSR count). The third-order valence-corrected chi connectivity index (χ3v) is 7.32. The SMILES string of the molecule is CN(C(=O)c1ccc(Cl)c(S(=O)(=O)Nc2ccc(F)cc2)c1)C1CCc2ccccc21. The monoisotopic (exact) mass is 458 g/mol. The van der Waals surface area contributed by atoms with E-state index in [4.69, 9.17) is 11.6 Å². The van der Waals surface area contributed by atoms with E-state index >= 15 is 0 Å². The van der Waals surface area contributed by atoms with Crippen LogP contribution in [0.1, 0.15) is 33.9 Å². The lowest BCUT2D eigenvalue weighted by Gasteiger charge is -2.26. The quantitative estimate of drug-likeness (QED) is 0.582. The van der Waals surface area contributed by atoms with Crippen LogP contribution >= 0.6 is 11.6 Å². The molecule has 0 radical (unpaired) electrons. The molecule has 1 N–H and O–H groups in total. The highest BCUT2D eigenvalue weighted by atomic mass is 35.5. The van der Waals surface area contributed by atoms with Crippen molar-refractivity contribution in [3.05, 3.63) is 94.3 Å². The molecule has 0 aromatic heterocycles. The molecule has 1 amide bonds. The molecule has 3 aromatic rings. The Labute approximate surface area is 185 Å². The van der Waals surface area contributed by atoms with Crippen molar-refractivity contribution in [1.29, 1.82) is 0 Å². The minimum atomic E-state index is -4.08. The molecule has 5 nitrogen and oxygen atoms in total. The molecule has 0 bridgehead atoms. The molecular weight excluding hydrogens is 439 g/mol. The van der Waals surface area contributed by atoms with Crippen LogP contribution in [-0.2, 0) is 16.4 Å². The number of nitrogens with one attached hydrogen (secondary N) is 1. The van der Waals surface area contributed by atoms with Gasteiger partial charge >= 0.3 is 0 Å². The second-order valence-corrected chi connectivity index (χ2v) is 9.48. The summed E-state index contributed by atoms with van der Waals surface area (Å²) in [5, 5.41) is -0.0139. The first kappa shape index (κ1) is 21.3. The van der Waals surface area contributed by atoms with Gasteiger partial charge in [-0.3, -0.25) is 9.52 Å². The zero-order valence-electron chi connectivity index (χ0n) is 16.7. The van der Waals surface area contributed by atoms with Gasteiger partial charge in [0, 0.05) is 18.3 Å². The van der Waals surface area contributed by atoms with E-state index in [0.717, 1.165) is 30.5 Å². The van der Waals surface area contributed by atoms with Gasteiger partial charge in [0.15, 0.2) is 0 Å². The first-order valence-electron chi connectivity index (χ1n) is 9.69. The maximum absolute atomic E-state index is 13.2. The second kappa shape index (κ2) is 8.32. The molecule has 31 heavy (non-hydrogen) atoms. The van der Waals surface area contributed by atoms with Crippen LogP contribution in [0.15, 0.2) is 71.6 Å². The summed E-state index contributed by atoms with van der Waals surface area (Å²) < 4.78 is 41.2. The van der Waals surface area contributed by atoms with Gasteiger partial charge in [-0.15, -0.1) is 0 Å². The summed E-state index contributed by atoms with van der Waals surface area (Å²) in [6, 6.07) is 17.0. The predicted molar refractivity (Wildman–Crippen MR) is 118 cm³/mol. The summed E-state index contributed by atoms with van der Waals surface area (Å²) in [6.45, 7) is 0. The van der Waals surface area contributed by atoms with E-state index in [-0.39, 0.29) is 33.1 Å². The lowest BCUT2D eigenvalue weighted by Crippen LogP contribution is -2.30. The number of nitrogens with zero attached hydrogens (tertiary/aromatic N) is 1. The Kier molecular flexibility index (Phi) is 5.73. The molecule has 1 unspecified atom stereocenters. The van der Waals surface area contributed by atoms with E-state index in [9.17, 15) is 17.6 Å². The van der Waals surface area contributed by atoms with Crippen molar-refractivity contribution in [3.8, 4) is 0 Å². The van der Waals surface area contributed by atoms with Crippen molar-refractivity contribution >= 4 is 33.2 Å². The van der Waals surface area contributed by atoms with Crippen LogP contribution < -0.4 is 4.72 Å². The van der Waals surface area contributed by atoms with E-state index in [1.165, 1.54) is 35.9 Å².